The fraction of sp³-hybridized carbons (Fsp3) is 0.290. The summed E-state index contributed by atoms with van der Waals surface area (Å²) >= 11 is 1.41. The van der Waals surface area contributed by atoms with Crippen molar-refractivity contribution in [2.24, 2.45) is 0 Å². The molecule has 0 spiro atoms. The number of nitrogens with one attached hydrogen (secondary N) is 2. The van der Waals surface area contributed by atoms with Crippen molar-refractivity contribution in [1.82, 2.24) is 29.9 Å². The lowest BCUT2D eigenvalue weighted by molar-refractivity contribution is -0.115. The maximum atomic E-state index is 12.6. The molecule has 0 aliphatic carbocycles. The first-order valence-electron chi connectivity index (χ1n) is 14.0. The molecule has 0 saturated heterocycles. The summed E-state index contributed by atoms with van der Waals surface area (Å²) < 4.78 is 2.07. The molecule has 42 heavy (non-hydrogen) atoms. The molecule has 0 bridgehead atoms. The fourth-order valence-electron chi connectivity index (χ4n) is 4.57. The molecule has 1 amide bonds. The van der Waals surface area contributed by atoms with Gasteiger partial charge >= 0.3 is 0 Å². The smallest absolute Gasteiger partial charge is 0.230 e. The molecule has 10 nitrogen and oxygen atoms in total. The molecule has 5 aromatic rings. The van der Waals surface area contributed by atoms with Gasteiger partial charge in [-0.05, 0) is 55.0 Å². The first-order chi connectivity index (χ1) is 20.5. The van der Waals surface area contributed by atoms with Crippen molar-refractivity contribution in [3.63, 3.8) is 0 Å². The standard InChI is InChI=1S/C31H34N8O2S/c1-22-32-16-17-39(22)21-25-11-7-10-24(18-25)20-29(41)34-31-38-37-30(42-31)13-6-5-12-26-14-15-27(36-35-26)33-28(40)19-23-8-3-2-4-9-23/h2-4,7-11,14-18,28,40H,5-6,12-13,19-21H2,1H3,(H,33,36)(H,34,38,41). The highest BCUT2D eigenvalue weighted by molar-refractivity contribution is 7.15. The Morgan fingerprint density at radius 2 is 1.74 bits per heavy atom. The number of anilines is 2. The number of aliphatic hydroxyl groups excluding tert-OH is 1. The monoisotopic (exact) mass is 582 g/mol. The average Bonchev–Trinajstić information content (AvgIpc) is 3.60. The quantitative estimate of drug-likeness (QED) is 0.128. The summed E-state index contributed by atoms with van der Waals surface area (Å²) in [5.74, 6) is 1.39. The topological polar surface area (TPSA) is 131 Å². The van der Waals surface area contributed by atoms with E-state index in [1.807, 2.05) is 73.8 Å². The SMILES string of the molecule is Cc1nccn1Cc1cccc(CC(=O)Nc2nnc(CCCCc3ccc(NC(O)Cc4ccccc4)nn3)s2)c1. The number of rotatable bonds is 14. The number of carbonyl (C=O) groups is 1. The fourth-order valence-corrected chi connectivity index (χ4v) is 5.37. The number of benzene rings is 2. The van der Waals surface area contributed by atoms with E-state index in [0.717, 1.165) is 65.4 Å². The van der Waals surface area contributed by atoms with E-state index in [-0.39, 0.29) is 12.3 Å². The Balaban J connectivity index is 1.01. The molecule has 1 unspecified atom stereocenters. The number of hydrogen-bond donors (Lipinski definition) is 3. The molecule has 0 aliphatic heterocycles. The van der Waals surface area contributed by atoms with Crippen molar-refractivity contribution in [3.8, 4) is 0 Å². The van der Waals surface area contributed by atoms with E-state index >= 15 is 0 Å². The van der Waals surface area contributed by atoms with Crippen LogP contribution in [0.5, 0.6) is 0 Å². The van der Waals surface area contributed by atoms with Crippen LogP contribution in [0.2, 0.25) is 0 Å². The minimum atomic E-state index is -0.733. The predicted molar refractivity (Wildman–Crippen MR) is 163 cm³/mol. The zero-order valence-electron chi connectivity index (χ0n) is 23.5. The first-order valence-corrected chi connectivity index (χ1v) is 14.8. The van der Waals surface area contributed by atoms with Gasteiger partial charge in [0.25, 0.3) is 0 Å². The third-order valence-corrected chi connectivity index (χ3v) is 7.62. The van der Waals surface area contributed by atoms with Crippen LogP contribution in [0, 0.1) is 6.92 Å². The number of hydrogen-bond acceptors (Lipinski definition) is 9. The predicted octanol–water partition coefficient (Wildman–Crippen LogP) is 4.60. The summed E-state index contributed by atoms with van der Waals surface area (Å²) in [6.45, 7) is 2.69. The van der Waals surface area contributed by atoms with Crippen LogP contribution < -0.4 is 10.6 Å². The molecule has 3 aromatic heterocycles. The largest absolute Gasteiger partial charge is 0.373 e. The highest BCUT2D eigenvalue weighted by atomic mass is 32.1. The van der Waals surface area contributed by atoms with Gasteiger partial charge in [-0.2, -0.15) is 5.10 Å². The zero-order valence-corrected chi connectivity index (χ0v) is 24.3. The lowest BCUT2D eigenvalue weighted by Gasteiger charge is -2.13. The van der Waals surface area contributed by atoms with Gasteiger partial charge in [0.2, 0.25) is 11.0 Å². The number of amides is 1. The van der Waals surface area contributed by atoms with E-state index in [1.54, 1.807) is 6.20 Å². The minimum Gasteiger partial charge on any atom is -0.373 e. The van der Waals surface area contributed by atoms with E-state index in [1.165, 1.54) is 11.3 Å². The Morgan fingerprint density at radius 3 is 2.52 bits per heavy atom. The highest BCUT2D eigenvalue weighted by Gasteiger charge is 2.11. The van der Waals surface area contributed by atoms with Gasteiger partial charge in [0.15, 0.2) is 5.82 Å². The van der Waals surface area contributed by atoms with Gasteiger partial charge in [0.1, 0.15) is 17.1 Å². The summed E-state index contributed by atoms with van der Waals surface area (Å²) in [7, 11) is 0. The van der Waals surface area contributed by atoms with Gasteiger partial charge in [-0.3, -0.25) is 4.79 Å². The number of nitrogens with zero attached hydrogens (tertiary/aromatic N) is 6. The van der Waals surface area contributed by atoms with Crippen LogP contribution in [-0.2, 0) is 37.0 Å². The van der Waals surface area contributed by atoms with Crippen molar-refractivity contribution in [2.75, 3.05) is 10.6 Å². The molecular weight excluding hydrogens is 548 g/mol. The van der Waals surface area contributed by atoms with E-state index < -0.39 is 6.23 Å². The van der Waals surface area contributed by atoms with Crippen molar-refractivity contribution in [3.05, 3.63) is 112 Å². The number of unbranched alkanes of at least 4 members (excludes halogenated alkanes) is 1. The first kappa shape index (κ1) is 29.0. The Kier molecular flexibility index (Phi) is 9.97. The summed E-state index contributed by atoms with van der Waals surface area (Å²) in [5, 5.41) is 34.4. The van der Waals surface area contributed by atoms with Gasteiger partial charge in [0, 0.05) is 31.8 Å². The van der Waals surface area contributed by atoms with E-state index in [0.29, 0.717) is 17.4 Å². The second-order valence-electron chi connectivity index (χ2n) is 10.1. The van der Waals surface area contributed by atoms with Crippen LogP contribution in [0.15, 0.2) is 79.1 Å². The Bertz CT molecular complexity index is 1570. The van der Waals surface area contributed by atoms with Gasteiger partial charge in [-0.25, -0.2) is 4.98 Å². The van der Waals surface area contributed by atoms with E-state index in [2.05, 4.69) is 46.6 Å². The van der Waals surface area contributed by atoms with Crippen LogP contribution in [0.25, 0.3) is 0 Å². The molecule has 11 heteroatoms. The number of carbonyl (C=O) groups excluding carboxylic acids is 1. The molecule has 0 fully saturated rings. The van der Waals surface area contributed by atoms with Gasteiger partial charge in [-0.15, -0.1) is 15.3 Å². The highest BCUT2D eigenvalue weighted by Crippen LogP contribution is 2.19. The van der Waals surface area contributed by atoms with Crippen LogP contribution in [-0.4, -0.2) is 47.2 Å². The Hall–Kier alpha value is -4.48. The maximum Gasteiger partial charge on any atom is 0.230 e. The minimum absolute atomic E-state index is 0.113. The van der Waals surface area contributed by atoms with E-state index in [4.69, 9.17) is 0 Å². The van der Waals surface area contributed by atoms with Crippen LogP contribution in [0.3, 0.4) is 0 Å². The number of imidazole rings is 1. The molecular formula is C31H34N8O2S. The van der Waals surface area contributed by atoms with Crippen molar-refractivity contribution >= 4 is 28.2 Å². The second kappa shape index (κ2) is 14.4. The normalized spacial score (nSPS) is 11.8. The van der Waals surface area contributed by atoms with Gasteiger partial charge < -0.3 is 20.3 Å². The number of aliphatic hydroxyl groups is 1. The molecule has 0 aliphatic rings. The van der Waals surface area contributed by atoms with Crippen LogP contribution >= 0.6 is 11.3 Å². The van der Waals surface area contributed by atoms with Gasteiger partial charge in [-0.1, -0.05) is 65.9 Å². The Labute approximate surface area is 248 Å². The summed E-state index contributed by atoms with van der Waals surface area (Å²) in [6.07, 6.45) is 7.18. The van der Waals surface area contributed by atoms with Crippen molar-refractivity contribution < 1.29 is 9.90 Å². The number of aromatic nitrogens is 6. The third-order valence-electron chi connectivity index (χ3n) is 6.73. The maximum absolute atomic E-state index is 12.6. The summed E-state index contributed by atoms with van der Waals surface area (Å²) in [5.41, 5.74) is 4.01. The molecule has 216 valence electrons. The molecule has 0 saturated carbocycles. The number of aryl methyl sites for hydroxylation is 3. The molecule has 3 N–H and O–H groups in total. The lowest BCUT2D eigenvalue weighted by atomic mass is 10.1. The Morgan fingerprint density at radius 1 is 0.929 bits per heavy atom. The van der Waals surface area contributed by atoms with Crippen molar-refractivity contribution in [1.29, 1.82) is 0 Å². The zero-order chi connectivity index (χ0) is 29.1. The lowest BCUT2D eigenvalue weighted by Crippen LogP contribution is -2.22. The summed E-state index contributed by atoms with van der Waals surface area (Å²) in [4.78, 5) is 16.9. The molecule has 2 aromatic carbocycles. The second-order valence-corrected chi connectivity index (χ2v) is 11.2. The van der Waals surface area contributed by atoms with Crippen LogP contribution in [0.4, 0.5) is 10.9 Å². The van der Waals surface area contributed by atoms with Gasteiger partial charge in [0.05, 0.1) is 12.1 Å². The van der Waals surface area contributed by atoms with E-state index in [9.17, 15) is 9.90 Å². The van der Waals surface area contributed by atoms with Crippen molar-refractivity contribution in [2.45, 2.75) is 58.2 Å². The molecule has 0 radical (unpaired) electrons. The summed E-state index contributed by atoms with van der Waals surface area (Å²) in [6, 6.07) is 21.6. The molecule has 3 heterocycles. The van der Waals surface area contributed by atoms with Crippen LogP contribution in [0.1, 0.15) is 46.1 Å². The average molecular weight is 583 g/mol. The molecule has 5 rings (SSSR count). The third kappa shape index (κ3) is 8.76. The molecule has 1 atom stereocenters.